The van der Waals surface area contributed by atoms with Crippen molar-refractivity contribution < 1.29 is 18.7 Å². The monoisotopic (exact) mass is 329 g/mol. The lowest BCUT2D eigenvalue weighted by molar-refractivity contribution is -0.147. The largest absolute Gasteiger partial charge is 0.456 e. The summed E-state index contributed by atoms with van der Waals surface area (Å²) in [6.45, 7) is 3.16. The summed E-state index contributed by atoms with van der Waals surface area (Å²) in [5.74, 6) is -1.34. The van der Waals surface area contributed by atoms with Crippen molar-refractivity contribution in [3.05, 3.63) is 65.5 Å². The molecule has 0 aliphatic rings. The zero-order valence-electron chi connectivity index (χ0n) is 13.7. The van der Waals surface area contributed by atoms with E-state index in [0.717, 1.165) is 5.56 Å². The molecule has 2 aromatic rings. The molecule has 0 aliphatic heterocycles. The highest BCUT2D eigenvalue weighted by molar-refractivity contribution is 5.92. The van der Waals surface area contributed by atoms with E-state index in [1.807, 2.05) is 37.3 Å². The zero-order valence-corrected chi connectivity index (χ0v) is 13.7. The maximum atomic E-state index is 13.4. The van der Waals surface area contributed by atoms with Crippen LogP contribution in [0.1, 0.15) is 30.4 Å². The molecule has 1 amide bonds. The van der Waals surface area contributed by atoms with Crippen molar-refractivity contribution in [2.75, 3.05) is 11.9 Å². The lowest BCUT2D eigenvalue weighted by Gasteiger charge is -2.11. The van der Waals surface area contributed by atoms with Crippen LogP contribution in [0.5, 0.6) is 0 Å². The Morgan fingerprint density at radius 1 is 1.17 bits per heavy atom. The Balaban J connectivity index is 1.78. The SMILES string of the molecule is Cc1ccc(NC(=O)COC(=O)C[C@H](C)c2ccccc2)cc1F. The van der Waals surface area contributed by atoms with E-state index in [9.17, 15) is 14.0 Å². The van der Waals surface area contributed by atoms with Crippen LogP contribution in [-0.4, -0.2) is 18.5 Å². The van der Waals surface area contributed by atoms with Crippen LogP contribution < -0.4 is 5.32 Å². The van der Waals surface area contributed by atoms with Crippen LogP contribution in [0.3, 0.4) is 0 Å². The number of hydrogen-bond donors (Lipinski definition) is 1. The molecule has 2 aromatic carbocycles. The summed E-state index contributed by atoms with van der Waals surface area (Å²) in [6.07, 6.45) is 0.191. The number of hydrogen-bond acceptors (Lipinski definition) is 3. The number of aryl methyl sites for hydroxylation is 1. The number of esters is 1. The number of amides is 1. The van der Waals surface area contributed by atoms with E-state index in [-0.39, 0.29) is 12.3 Å². The molecule has 2 rings (SSSR count). The molecule has 1 N–H and O–H groups in total. The van der Waals surface area contributed by atoms with Gasteiger partial charge < -0.3 is 10.1 Å². The predicted molar refractivity (Wildman–Crippen MR) is 90.2 cm³/mol. The minimum absolute atomic E-state index is 0.00737. The molecule has 0 fully saturated rings. The first-order chi connectivity index (χ1) is 11.5. The maximum absolute atomic E-state index is 13.4. The normalized spacial score (nSPS) is 11.6. The Labute approximate surface area is 140 Å². The maximum Gasteiger partial charge on any atom is 0.306 e. The number of halogens is 1. The van der Waals surface area contributed by atoms with E-state index < -0.39 is 24.3 Å². The summed E-state index contributed by atoms with van der Waals surface area (Å²) in [6, 6.07) is 14.0. The van der Waals surface area contributed by atoms with Crippen molar-refractivity contribution in [3.63, 3.8) is 0 Å². The molecular formula is C19H20FNO3. The molecule has 0 radical (unpaired) electrons. The van der Waals surface area contributed by atoms with E-state index >= 15 is 0 Å². The van der Waals surface area contributed by atoms with E-state index in [1.54, 1.807) is 19.1 Å². The van der Waals surface area contributed by atoms with Gasteiger partial charge in [0.2, 0.25) is 0 Å². The van der Waals surface area contributed by atoms with Crippen LogP contribution in [0, 0.1) is 12.7 Å². The number of rotatable bonds is 6. The topological polar surface area (TPSA) is 55.4 Å². The summed E-state index contributed by atoms with van der Waals surface area (Å²) < 4.78 is 18.4. The second-order valence-electron chi connectivity index (χ2n) is 5.69. The van der Waals surface area contributed by atoms with Crippen LogP contribution in [0.15, 0.2) is 48.5 Å². The highest BCUT2D eigenvalue weighted by atomic mass is 19.1. The van der Waals surface area contributed by atoms with Crippen molar-refractivity contribution in [1.82, 2.24) is 0 Å². The van der Waals surface area contributed by atoms with Crippen LogP contribution >= 0.6 is 0 Å². The van der Waals surface area contributed by atoms with Gasteiger partial charge in [0.05, 0.1) is 6.42 Å². The van der Waals surface area contributed by atoms with Crippen molar-refractivity contribution in [2.45, 2.75) is 26.2 Å². The quantitative estimate of drug-likeness (QED) is 0.820. The number of ether oxygens (including phenoxy) is 1. The smallest absolute Gasteiger partial charge is 0.306 e. The summed E-state index contributed by atoms with van der Waals surface area (Å²) >= 11 is 0. The molecule has 0 unspecified atom stereocenters. The Hall–Kier alpha value is -2.69. The van der Waals surface area contributed by atoms with Gasteiger partial charge in [-0.25, -0.2) is 4.39 Å². The zero-order chi connectivity index (χ0) is 17.5. The van der Waals surface area contributed by atoms with E-state index in [0.29, 0.717) is 11.3 Å². The second-order valence-corrected chi connectivity index (χ2v) is 5.69. The van der Waals surface area contributed by atoms with Gasteiger partial charge in [-0.3, -0.25) is 9.59 Å². The number of carbonyl (C=O) groups is 2. The Bertz CT molecular complexity index is 716. The van der Waals surface area contributed by atoms with E-state index in [1.165, 1.54) is 6.07 Å². The third kappa shape index (κ3) is 5.19. The number of benzene rings is 2. The Morgan fingerprint density at radius 3 is 2.54 bits per heavy atom. The van der Waals surface area contributed by atoms with Gasteiger partial charge in [-0.2, -0.15) is 0 Å². The summed E-state index contributed by atoms with van der Waals surface area (Å²) in [7, 11) is 0. The summed E-state index contributed by atoms with van der Waals surface area (Å²) in [5.41, 5.74) is 1.86. The molecule has 0 saturated heterocycles. The standard InChI is InChI=1S/C19H20FNO3/c1-13-8-9-16(11-17(13)20)21-18(22)12-24-19(23)10-14(2)15-6-4-3-5-7-15/h3-9,11,14H,10,12H2,1-2H3,(H,21,22)/t14-/m0/s1. The van der Waals surface area contributed by atoms with Crippen LogP contribution in [0.25, 0.3) is 0 Å². The lowest BCUT2D eigenvalue weighted by atomic mass is 9.98. The van der Waals surface area contributed by atoms with E-state index in [4.69, 9.17) is 4.74 Å². The molecule has 1 atom stereocenters. The highest BCUT2D eigenvalue weighted by Crippen LogP contribution is 2.19. The highest BCUT2D eigenvalue weighted by Gasteiger charge is 2.14. The third-order valence-electron chi connectivity index (χ3n) is 3.66. The van der Waals surface area contributed by atoms with Crippen molar-refractivity contribution in [3.8, 4) is 0 Å². The van der Waals surface area contributed by atoms with Gasteiger partial charge in [0.15, 0.2) is 6.61 Å². The van der Waals surface area contributed by atoms with Gasteiger partial charge in [-0.1, -0.05) is 43.3 Å². The molecule has 126 valence electrons. The van der Waals surface area contributed by atoms with Crippen molar-refractivity contribution >= 4 is 17.6 Å². The molecule has 0 saturated carbocycles. The molecular weight excluding hydrogens is 309 g/mol. The molecule has 24 heavy (non-hydrogen) atoms. The van der Waals surface area contributed by atoms with Gasteiger partial charge in [0.1, 0.15) is 5.82 Å². The summed E-state index contributed by atoms with van der Waals surface area (Å²) in [5, 5.41) is 2.49. The van der Waals surface area contributed by atoms with Gasteiger partial charge in [0.25, 0.3) is 5.91 Å². The van der Waals surface area contributed by atoms with Gasteiger partial charge in [-0.05, 0) is 36.1 Å². The first kappa shape index (κ1) is 17.7. The fraction of sp³-hybridized carbons (Fsp3) is 0.263. The molecule has 0 bridgehead atoms. The Morgan fingerprint density at radius 2 is 1.88 bits per heavy atom. The minimum atomic E-state index is -0.501. The minimum Gasteiger partial charge on any atom is -0.456 e. The van der Waals surface area contributed by atoms with Crippen molar-refractivity contribution in [1.29, 1.82) is 0 Å². The third-order valence-corrected chi connectivity index (χ3v) is 3.66. The first-order valence-electron chi connectivity index (χ1n) is 7.72. The van der Waals surface area contributed by atoms with Gasteiger partial charge in [-0.15, -0.1) is 0 Å². The second kappa shape index (κ2) is 8.24. The molecule has 0 aliphatic carbocycles. The number of nitrogens with one attached hydrogen (secondary N) is 1. The van der Waals surface area contributed by atoms with Crippen LogP contribution in [-0.2, 0) is 14.3 Å². The fourth-order valence-electron chi connectivity index (χ4n) is 2.22. The van der Waals surface area contributed by atoms with Crippen LogP contribution in [0.4, 0.5) is 10.1 Å². The molecule has 0 aromatic heterocycles. The molecule has 4 nitrogen and oxygen atoms in total. The van der Waals surface area contributed by atoms with E-state index in [2.05, 4.69) is 5.32 Å². The van der Waals surface area contributed by atoms with Crippen LogP contribution in [0.2, 0.25) is 0 Å². The summed E-state index contributed by atoms with van der Waals surface area (Å²) in [4.78, 5) is 23.6. The molecule has 0 heterocycles. The van der Waals surface area contributed by atoms with Gasteiger partial charge in [0, 0.05) is 5.69 Å². The van der Waals surface area contributed by atoms with Gasteiger partial charge >= 0.3 is 5.97 Å². The fourth-order valence-corrected chi connectivity index (χ4v) is 2.22. The average Bonchev–Trinajstić information content (AvgIpc) is 2.57. The molecule has 5 heteroatoms. The molecule has 0 spiro atoms. The Kier molecular flexibility index (Phi) is 6.07. The lowest BCUT2D eigenvalue weighted by Crippen LogP contribution is -2.21. The first-order valence-corrected chi connectivity index (χ1v) is 7.72. The predicted octanol–water partition coefficient (Wildman–Crippen LogP) is 3.81. The number of carbonyl (C=O) groups excluding carboxylic acids is 2. The average molecular weight is 329 g/mol. The number of anilines is 1. The van der Waals surface area contributed by atoms with Crippen molar-refractivity contribution in [2.24, 2.45) is 0 Å².